The molecule has 0 aromatic heterocycles. The molecular formula is C9H14NO4Si. The van der Waals surface area contributed by atoms with Crippen molar-refractivity contribution in [3.05, 3.63) is 12.2 Å². The third-order valence-corrected chi connectivity index (χ3v) is 3.67. The van der Waals surface area contributed by atoms with Gasteiger partial charge >= 0.3 is 5.97 Å². The van der Waals surface area contributed by atoms with Crippen LogP contribution in [0.2, 0.25) is 12.1 Å². The van der Waals surface area contributed by atoms with E-state index in [0.29, 0.717) is 18.5 Å². The van der Waals surface area contributed by atoms with Crippen molar-refractivity contribution in [2.75, 3.05) is 13.2 Å². The summed E-state index contributed by atoms with van der Waals surface area (Å²) in [7, 11) is -2.12. The number of carbonyl (C=O) groups excluding carboxylic acids is 1. The molecule has 0 aromatic rings. The molecule has 0 heterocycles. The predicted molar refractivity (Wildman–Crippen MR) is 54.9 cm³/mol. The molecular weight excluding hydrogens is 214 g/mol. The number of ether oxygens (including phenoxy) is 1. The van der Waals surface area contributed by atoms with Crippen LogP contribution in [-0.2, 0) is 14.3 Å². The second-order valence-corrected chi connectivity index (χ2v) is 5.40. The van der Waals surface area contributed by atoms with Crippen LogP contribution < -0.4 is 0 Å². The van der Waals surface area contributed by atoms with Crippen molar-refractivity contribution >= 4 is 15.0 Å². The van der Waals surface area contributed by atoms with E-state index in [1.807, 2.05) is 0 Å². The molecule has 6 heteroatoms. The summed E-state index contributed by atoms with van der Waals surface area (Å²) in [5.74, 6) is -0.763. The van der Waals surface area contributed by atoms with Crippen molar-refractivity contribution in [2.45, 2.75) is 18.5 Å². The minimum absolute atomic E-state index is 0.0246. The smallest absolute Gasteiger partial charge is 0.348 e. The summed E-state index contributed by atoms with van der Waals surface area (Å²) in [5.41, 5.74) is -0.255. The highest BCUT2D eigenvalue weighted by Crippen LogP contribution is 2.02. The van der Waals surface area contributed by atoms with Crippen molar-refractivity contribution in [1.82, 2.24) is 0 Å². The van der Waals surface area contributed by atoms with E-state index in [-0.39, 0.29) is 18.8 Å². The van der Waals surface area contributed by atoms with E-state index in [1.54, 1.807) is 6.07 Å². The van der Waals surface area contributed by atoms with Gasteiger partial charge in [-0.25, -0.2) is 4.79 Å². The summed E-state index contributed by atoms with van der Waals surface area (Å²) in [6, 6.07) is 2.39. The van der Waals surface area contributed by atoms with Gasteiger partial charge in [-0.05, 0) is 12.5 Å². The van der Waals surface area contributed by atoms with E-state index in [2.05, 4.69) is 11.3 Å². The normalized spacial score (nSPS) is 11.5. The molecule has 0 fully saturated rings. The number of aliphatic hydroxyl groups excluding tert-OH is 1. The minimum atomic E-state index is -2.12. The largest absolute Gasteiger partial charge is 0.462 e. The Balaban J connectivity index is 3.58. The summed E-state index contributed by atoms with van der Waals surface area (Å²) in [6.07, 6.45) is 0.513. The molecule has 5 nitrogen and oxygen atoms in total. The first kappa shape index (κ1) is 13.8. The lowest BCUT2D eigenvalue weighted by atomic mass is 10.3. The SMILES string of the molecule is C=C(C#N)C(=O)OCC[SiH]([O])CCCO. The van der Waals surface area contributed by atoms with Gasteiger partial charge in [0.1, 0.15) is 11.6 Å². The lowest BCUT2D eigenvalue weighted by Crippen LogP contribution is -2.16. The summed E-state index contributed by atoms with van der Waals surface area (Å²) in [4.78, 5) is 22.2. The lowest BCUT2D eigenvalue weighted by Gasteiger charge is -2.05. The molecule has 0 amide bonds. The molecule has 0 aliphatic carbocycles. The number of hydrogen-bond acceptors (Lipinski definition) is 4. The number of rotatable bonds is 7. The third-order valence-electron chi connectivity index (χ3n) is 1.74. The third kappa shape index (κ3) is 6.85. The zero-order chi connectivity index (χ0) is 11.7. The van der Waals surface area contributed by atoms with Gasteiger partial charge in [0, 0.05) is 12.7 Å². The Morgan fingerprint density at radius 1 is 1.53 bits per heavy atom. The number of esters is 1. The van der Waals surface area contributed by atoms with Gasteiger partial charge in [0.2, 0.25) is 9.04 Å². The molecule has 1 unspecified atom stereocenters. The minimum Gasteiger partial charge on any atom is -0.462 e. The van der Waals surface area contributed by atoms with E-state index < -0.39 is 15.0 Å². The first-order valence-electron chi connectivity index (χ1n) is 4.64. The first-order chi connectivity index (χ1) is 7.11. The highest BCUT2D eigenvalue weighted by molar-refractivity contribution is 6.49. The van der Waals surface area contributed by atoms with Crippen LogP contribution in [0, 0.1) is 11.3 Å². The van der Waals surface area contributed by atoms with Gasteiger partial charge < -0.3 is 14.6 Å². The van der Waals surface area contributed by atoms with Crippen molar-refractivity contribution in [2.24, 2.45) is 0 Å². The van der Waals surface area contributed by atoms with Gasteiger partial charge in [-0.2, -0.15) is 5.26 Å². The monoisotopic (exact) mass is 228 g/mol. The summed E-state index contributed by atoms with van der Waals surface area (Å²) < 4.78 is 4.66. The Kier molecular flexibility index (Phi) is 7.54. The van der Waals surface area contributed by atoms with Crippen molar-refractivity contribution in [3.8, 4) is 6.07 Å². The Morgan fingerprint density at radius 3 is 2.73 bits per heavy atom. The number of nitrogens with zero attached hydrogens (tertiary/aromatic N) is 1. The Hall–Kier alpha value is -1.16. The molecule has 1 N–H and O–H groups in total. The van der Waals surface area contributed by atoms with Crippen LogP contribution in [0.3, 0.4) is 0 Å². The van der Waals surface area contributed by atoms with E-state index in [9.17, 15) is 9.59 Å². The van der Waals surface area contributed by atoms with Crippen LogP contribution in [-0.4, -0.2) is 33.3 Å². The fourth-order valence-corrected chi connectivity index (χ4v) is 2.19. The molecule has 1 radical (unpaired) electrons. The van der Waals surface area contributed by atoms with Crippen molar-refractivity contribution < 1.29 is 19.4 Å². The molecule has 1 atom stereocenters. The second kappa shape index (κ2) is 8.17. The average Bonchev–Trinajstić information content (AvgIpc) is 2.24. The highest BCUT2D eigenvalue weighted by atomic mass is 28.3. The standard InChI is InChI=1S/C9H14NO4Si/c1-8(7-10)9(12)14-4-6-15(13)5-2-3-11/h11,15H,1-6H2. The Labute approximate surface area is 90.3 Å². The molecule has 0 aliphatic rings. The molecule has 0 saturated heterocycles. The van der Waals surface area contributed by atoms with E-state index in [4.69, 9.17) is 10.4 Å². The van der Waals surface area contributed by atoms with E-state index in [0.717, 1.165) is 0 Å². The van der Waals surface area contributed by atoms with Crippen molar-refractivity contribution in [1.29, 1.82) is 5.26 Å². The van der Waals surface area contributed by atoms with Gasteiger partial charge in [0.15, 0.2) is 0 Å². The number of nitriles is 1. The van der Waals surface area contributed by atoms with Gasteiger partial charge in [0.25, 0.3) is 0 Å². The summed E-state index contributed by atoms with van der Waals surface area (Å²) in [6.45, 7) is 3.26. The Morgan fingerprint density at radius 2 is 2.20 bits per heavy atom. The molecule has 83 valence electrons. The zero-order valence-corrected chi connectivity index (χ0v) is 9.59. The first-order valence-corrected chi connectivity index (χ1v) is 6.75. The van der Waals surface area contributed by atoms with Crippen LogP contribution in [0.1, 0.15) is 6.42 Å². The van der Waals surface area contributed by atoms with Gasteiger partial charge in [-0.1, -0.05) is 6.58 Å². The summed E-state index contributed by atoms with van der Waals surface area (Å²) in [5, 5.41) is 16.8. The molecule has 0 saturated carbocycles. The molecule has 0 aromatic carbocycles. The fraction of sp³-hybridized carbons (Fsp3) is 0.556. The molecule has 0 aliphatic heterocycles. The molecule has 0 rings (SSSR count). The van der Waals surface area contributed by atoms with Crippen LogP contribution >= 0.6 is 0 Å². The maximum Gasteiger partial charge on any atom is 0.348 e. The maximum atomic E-state index is 11.3. The topological polar surface area (TPSA) is 90.2 Å². The maximum absolute atomic E-state index is 11.3. The van der Waals surface area contributed by atoms with E-state index >= 15 is 0 Å². The van der Waals surface area contributed by atoms with Crippen LogP contribution in [0.4, 0.5) is 0 Å². The van der Waals surface area contributed by atoms with Gasteiger partial charge in [-0.15, -0.1) is 0 Å². The number of aliphatic hydroxyl groups is 1. The van der Waals surface area contributed by atoms with Crippen molar-refractivity contribution in [3.63, 3.8) is 0 Å². The van der Waals surface area contributed by atoms with Crippen LogP contribution in [0.5, 0.6) is 0 Å². The van der Waals surface area contributed by atoms with Gasteiger partial charge in [0.05, 0.1) is 6.61 Å². The zero-order valence-electron chi connectivity index (χ0n) is 8.44. The number of carbonyl (C=O) groups is 1. The lowest BCUT2D eigenvalue weighted by molar-refractivity contribution is -0.138. The average molecular weight is 228 g/mol. The fourth-order valence-electron chi connectivity index (χ4n) is 0.879. The van der Waals surface area contributed by atoms with Gasteiger partial charge in [-0.3, -0.25) is 0 Å². The number of hydrogen-bond donors (Lipinski definition) is 1. The molecule has 0 bridgehead atoms. The predicted octanol–water partition coefficient (Wildman–Crippen LogP) is 0.146. The summed E-state index contributed by atoms with van der Waals surface area (Å²) >= 11 is 0. The van der Waals surface area contributed by atoms with Crippen LogP contribution in [0.15, 0.2) is 12.2 Å². The van der Waals surface area contributed by atoms with Crippen LogP contribution in [0.25, 0.3) is 0 Å². The second-order valence-electron chi connectivity index (χ2n) is 3.00. The Bertz CT molecular complexity index is 261. The highest BCUT2D eigenvalue weighted by Gasteiger charge is 2.12. The quantitative estimate of drug-likeness (QED) is 0.290. The molecule has 0 spiro atoms. The van der Waals surface area contributed by atoms with E-state index in [1.165, 1.54) is 0 Å². The molecule has 15 heavy (non-hydrogen) atoms.